The van der Waals surface area contributed by atoms with Crippen LogP contribution in [0.3, 0.4) is 0 Å². The molecule has 1 unspecified atom stereocenters. The number of aryl methyl sites for hydroxylation is 1. The first kappa shape index (κ1) is 23.9. The van der Waals surface area contributed by atoms with Crippen LogP contribution in [0.25, 0.3) is 22.3 Å². The Bertz CT molecular complexity index is 1420. The standard InChI is InChI=1S/C23H18F3N5O4/c1-12-3-4-13(9-15(12)19-29-16-10-28-8-6-14(16)18(27)30-19)5-7-22(34)17(11-31(2)20(22)32)35-21(33)23(24,25)26/h3-4,6,8-10,17,34H,11H2,1-2H3,(H2,27,29,30)/t17?,22-/m1/s1. The lowest BCUT2D eigenvalue weighted by molar-refractivity contribution is -0.209. The Morgan fingerprint density at radius 2 is 2.06 bits per heavy atom. The number of nitrogens with zero attached hydrogens (tertiary/aromatic N) is 4. The maximum Gasteiger partial charge on any atom is 0.490 e. The normalized spacial score (nSPS) is 20.0. The first-order chi connectivity index (χ1) is 16.4. The molecule has 1 amide bonds. The van der Waals surface area contributed by atoms with Gasteiger partial charge >= 0.3 is 12.1 Å². The summed E-state index contributed by atoms with van der Waals surface area (Å²) in [6, 6.07) is 6.55. The molecule has 0 bridgehead atoms. The molecule has 180 valence electrons. The molecule has 0 radical (unpaired) electrons. The van der Waals surface area contributed by atoms with Crippen molar-refractivity contribution in [1.82, 2.24) is 19.9 Å². The number of nitrogens with two attached hydrogens (primary N) is 1. The number of aliphatic hydroxyl groups is 1. The van der Waals surface area contributed by atoms with E-state index >= 15 is 0 Å². The molecule has 0 saturated carbocycles. The predicted octanol–water partition coefficient (Wildman–Crippen LogP) is 1.61. The molecule has 1 aliphatic heterocycles. The number of rotatable bonds is 2. The van der Waals surface area contributed by atoms with Crippen molar-refractivity contribution in [2.24, 2.45) is 0 Å². The number of likely N-dealkylation sites (N-methyl/N-ethyl adjacent to an activating group) is 1. The summed E-state index contributed by atoms with van der Waals surface area (Å²) in [5, 5.41) is 11.4. The molecule has 12 heteroatoms. The van der Waals surface area contributed by atoms with Crippen molar-refractivity contribution < 1.29 is 32.6 Å². The summed E-state index contributed by atoms with van der Waals surface area (Å²) in [6.07, 6.45) is -4.02. The third kappa shape index (κ3) is 4.45. The third-order valence-electron chi connectivity index (χ3n) is 5.46. The number of esters is 1. The van der Waals surface area contributed by atoms with Gasteiger partial charge in [-0.3, -0.25) is 9.78 Å². The van der Waals surface area contributed by atoms with Crippen LogP contribution in [0.1, 0.15) is 11.1 Å². The van der Waals surface area contributed by atoms with Gasteiger partial charge in [0.15, 0.2) is 11.9 Å². The van der Waals surface area contributed by atoms with E-state index in [4.69, 9.17) is 5.73 Å². The number of carbonyl (C=O) groups excluding carboxylic acids is 2. The van der Waals surface area contributed by atoms with E-state index in [2.05, 4.69) is 31.5 Å². The lowest BCUT2D eigenvalue weighted by atomic mass is 9.98. The number of anilines is 1. The Morgan fingerprint density at radius 1 is 1.31 bits per heavy atom. The van der Waals surface area contributed by atoms with Crippen molar-refractivity contribution in [2.45, 2.75) is 24.8 Å². The molecule has 1 saturated heterocycles. The Balaban J connectivity index is 1.71. The summed E-state index contributed by atoms with van der Waals surface area (Å²) in [4.78, 5) is 37.5. The summed E-state index contributed by atoms with van der Waals surface area (Å²) in [7, 11) is 1.25. The fourth-order valence-electron chi connectivity index (χ4n) is 3.58. The van der Waals surface area contributed by atoms with Crippen LogP contribution in [-0.2, 0) is 14.3 Å². The molecule has 3 heterocycles. The SMILES string of the molecule is Cc1ccc(C#C[C@]2(O)C(=O)N(C)CC2OC(=O)C(F)(F)F)cc1-c1nc(N)c2ccncc2n1. The maximum atomic E-state index is 12.7. The molecule has 0 aliphatic carbocycles. The number of ether oxygens (including phenoxy) is 1. The number of amides is 1. The topological polar surface area (TPSA) is 132 Å². The molecular weight excluding hydrogens is 467 g/mol. The summed E-state index contributed by atoms with van der Waals surface area (Å²) in [5.41, 5.74) is 5.54. The number of nitrogen functional groups attached to an aromatic ring is 1. The van der Waals surface area contributed by atoms with Crippen molar-refractivity contribution in [1.29, 1.82) is 0 Å². The largest absolute Gasteiger partial charge is 0.490 e. The van der Waals surface area contributed by atoms with E-state index in [0.717, 1.165) is 10.5 Å². The molecule has 35 heavy (non-hydrogen) atoms. The predicted molar refractivity (Wildman–Crippen MR) is 117 cm³/mol. The molecule has 1 aliphatic rings. The van der Waals surface area contributed by atoms with Crippen LogP contribution in [0.4, 0.5) is 19.0 Å². The van der Waals surface area contributed by atoms with Gasteiger partial charge in [0, 0.05) is 29.8 Å². The van der Waals surface area contributed by atoms with Crippen LogP contribution in [-0.4, -0.2) is 68.3 Å². The molecule has 3 N–H and O–H groups in total. The highest BCUT2D eigenvalue weighted by atomic mass is 19.4. The lowest BCUT2D eigenvalue weighted by Crippen LogP contribution is -2.47. The molecule has 0 spiro atoms. The van der Waals surface area contributed by atoms with Gasteiger partial charge in [-0.05, 0) is 36.6 Å². The number of benzene rings is 1. The van der Waals surface area contributed by atoms with Crippen molar-refractivity contribution >= 4 is 28.6 Å². The summed E-state index contributed by atoms with van der Waals surface area (Å²) < 4.78 is 42.3. The highest BCUT2D eigenvalue weighted by Crippen LogP contribution is 2.29. The van der Waals surface area contributed by atoms with E-state index in [1.54, 1.807) is 37.4 Å². The quantitative estimate of drug-likeness (QED) is 0.414. The van der Waals surface area contributed by atoms with E-state index in [9.17, 15) is 27.9 Å². The Morgan fingerprint density at radius 3 is 2.77 bits per heavy atom. The summed E-state index contributed by atoms with van der Waals surface area (Å²) in [5.74, 6) is 1.90. The Kier molecular flexibility index (Phi) is 5.82. The van der Waals surface area contributed by atoms with Gasteiger partial charge in [0.1, 0.15) is 5.82 Å². The van der Waals surface area contributed by atoms with Gasteiger partial charge in [0.25, 0.3) is 5.91 Å². The minimum Gasteiger partial charge on any atom is -0.449 e. The minimum atomic E-state index is -5.29. The zero-order valence-electron chi connectivity index (χ0n) is 18.4. The van der Waals surface area contributed by atoms with Gasteiger partial charge in [0.05, 0.1) is 18.3 Å². The smallest absolute Gasteiger partial charge is 0.449 e. The maximum absolute atomic E-state index is 12.7. The van der Waals surface area contributed by atoms with E-state index in [0.29, 0.717) is 22.0 Å². The summed E-state index contributed by atoms with van der Waals surface area (Å²) in [6.45, 7) is 1.35. The Labute approximate surface area is 196 Å². The fourth-order valence-corrected chi connectivity index (χ4v) is 3.58. The van der Waals surface area contributed by atoms with Crippen LogP contribution in [0.15, 0.2) is 36.7 Å². The molecule has 2 atom stereocenters. The average molecular weight is 485 g/mol. The van der Waals surface area contributed by atoms with E-state index in [-0.39, 0.29) is 11.6 Å². The van der Waals surface area contributed by atoms with Crippen LogP contribution < -0.4 is 5.73 Å². The van der Waals surface area contributed by atoms with Crippen molar-refractivity contribution in [3.63, 3.8) is 0 Å². The molecule has 1 aromatic carbocycles. The number of aromatic nitrogens is 3. The second kappa shape index (κ2) is 8.52. The zero-order valence-corrected chi connectivity index (χ0v) is 18.4. The number of carbonyl (C=O) groups is 2. The molecule has 1 fully saturated rings. The van der Waals surface area contributed by atoms with Crippen LogP contribution in [0.2, 0.25) is 0 Å². The van der Waals surface area contributed by atoms with Gasteiger partial charge in [-0.15, -0.1) is 0 Å². The van der Waals surface area contributed by atoms with Gasteiger partial charge in [-0.2, -0.15) is 13.2 Å². The lowest BCUT2D eigenvalue weighted by Gasteiger charge is -2.21. The monoisotopic (exact) mass is 485 g/mol. The van der Waals surface area contributed by atoms with Gasteiger partial charge in [-0.1, -0.05) is 12.0 Å². The van der Waals surface area contributed by atoms with Crippen LogP contribution in [0, 0.1) is 18.8 Å². The minimum absolute atomic E-state index is 0.242. The molecule has 2 aromatic heterocycles. The highest BCUT2D eigenvalue weighted by molar-refractivity contribution is 5.93. The van der Waals surface area contributed by atoms with E-state index in [1.165, 1.54) is 13.2 Å². The van der Waals surface area contributed by atoms with E-state index < -0.39 is 36.3 Å². The first-order valence-electron chi connectivity index (χ1n) is 10.2. The number of hydrogen-bond acceptors (Lipinski definition) is 8. The van der Waals surface area contributed by atoms with Gasteiger partial charge in [-0.25, -0.2) is 14.8 Å². The summed E-state index contributed by atoms with van der Waals surface area (Å²) >= 11 is 0. The van der Waals surface area contributed by atoms with Gasteiger partial charge < -0.3 is 20.5 Å². The Hall–Kier alpha value is -4.24. The van der Waals surface area contributed by atoms with Crippen LogP contribution >= 0.6 is 0 Å². The average Bonchev–Trinajstić information content (AvgIpc) is 3.01. The molecular formula is C23H18F3N5O4. The number of hydrogen-bond donors (Lipinski definition) is 2. The number of alkyl halides is 3. The second-order valence-corrected chi connectivity index (χ2v) is 7.95. The third-order valence-corrected chi connectivity index (χ3v) is 5.46. The van der Waals surface area contributed by atoms with Crippen molar-refractivity contribution in [3.8, 4) is 23.2 Å². The van der Waals surface area contributed by atoms with Crippen LogP contribution in [0.5, 0.6) is 0 Å². The van der Waals surface area contributed by atoms with Crippen molar-refractivity contribution in [3.05, 3.63) is 47.8 Å². The fraction of sp³-hybridized carbons (Fsp3) is 0.261. The number of likely N-dealkylation sites (tertiary alicyclic amines) is 1. The molecule has 9 nitrogen and oxygen atoms in total. The molecule has 3 aromatic rings. The highest BCUT2D eigenvalue weighted by Gasteiger charge is 2.56. The van der Waals surface area contributed by atoms with Crippen molar-refractivity contribution in [2.75, 3.05) is 19.3 Å². The second-order valence-electron chi connectivity index (χ2n) is 7.95. The molecule has 4 rings (SSSR count). The van der Waals surface area contributed by atoms with Gasteiger partial charge in [0.2, 0.25) is 5.60 Å². The zero-order chi connectivity index (χ0) is 25.5. The number of fused-ring (bicyclic) bond motifs is 1. The van der Waals surface area contributed by atoms with E-state index in [1.807, 2.05) is 0 Å². The number of pyridine rings is 1. The first-order valence-corrected chi connectivity index (χ1v) is 10.2. The number of halogens is 3.